The largest absolute Gasteiger partial charge is 0.371 e. The van der Waals surface area contributed by atoms with Gasteiger partial charge in [0, 0.05) is 37.9 Å². The third-order valence-corrected chi connectivity index (χ3v) is 6.70. The normalized spacial score (nSPS) is 18.5. The molecule has 152 valence electrons. The summed E-state index contributed by atoms with van der Waals surface area (Å²) >= 11 is 0. The highest BCUT2D eigenvalue weighted by molar-refractivity contribution is 7.90. The maximum Gasteiger partial charge on any atom is 0.263 e. The Morgan fingerprint density at radius 3 is 2.59 bits per heavy atom. The van der Waals surface area contributed by atoms with E-state index in [4.69, 9.17) is 0 Å². The van der Waals surface area contributed by atoms with Gasteiger partial charge in [-0.1, -0.05) is 30.3 Å². The van der Waals surface area contributed by atoms with Crippen molar-refractivity contribution in [3.63, 3.8) is 0 Å². The van der Waals surface area contributed by atoms with Crippen LogP contribution in [-0.2, 0) is 21.4 Å². The summed E-state index contributed by atoms with van der Waals surface area (Å²) in [5.74, 6) is 0.0529. The molecule has 1 saturated heterocycles. The van der Waals surface area contributed by atoms with Gasteiger partial charge in [0.25, 0.3) is 10.0 Å². The van der Waals surface area contributed by atoms with Crippen LogP contribution in [0.25, 0.3) is 0 Å². The molecule has 7 nitrogen and oxygen atoms in total. The summed E-state index contributed by atoms with van der Waals surface area (Å²) < 4.78 is 26.7. The molecule has 4 rings (SSSR count). The third kappa shape index (κ3) is 3.98. The van der Waals surface area contributed by atoms with E-state index >= 15 is 0 Å². The third-order valence-electron chi connectivity index (χ3n) is 5.31. The quantitative estimate of drug-likeness (QED) is 0.814. The van der Waals surface area contributed by atoms with Gasteiger partial charge in [-0.3, -0.25) is 14.5 Å². The summed E-state index contributed by atoms with van der Waals surface area (Å²) in [6.07, 6.45) is 2.38. The molecule has 0 unspecified atom stereocenters. The summed E-state index contributed by atoms with van der Waals surface area (Å²) in [4.78, 5) is 21.1. The van der Waals surface area contributed by atoms with E-state index in [1.807, 2.05) is 18.2 Å². The van der Waals surface area contributed by atoms with E-state index in [0.717, 1.165) is 18.7 Å². The average molecular weight is 413 g/mol. The second-order valence-corrected chi connectivity index (χ2v) is 8.99. The highest BCUT2D eigenvalue weighted by Crippen LogP contribution is 2.25. The number of carbonyl (C=O) groups excluding carboxylic acids is 1. The van der Waals surface area contributed by atoms with Gasteiger partial charge in [0.1, 0.15) is 12.4 Å². The number of carbonyl (C=O) groups is 1. The van der Waals surface area contributed by atoms with Crippen molar-refractivity contribution in [2.24, 2.45) is 4.99 Å². The predicted octanol–water partition coefficient (Wildman–Crippen LogP) is 1.98. The minimum absolute atomic E-state index is 0.116. The van der Waals surface area contributed by atoms with E-state index in [0.29, 0.717) is 12.1 Å². The van der Waals surface area contributed by atoms with Crippen LogP contribution in [0.3, 0.4) is 0 Å². The Hall–Kier alpha value is -2.87. The van der Waals surface area contributed by atoms with Gasteiger partial charge in [-0.15, -0.1) is 0 Å². The number of amidine groups is 1. The van der Waals surface area contributed by atoms with E-state index < -0.39 is 10.0 Å². The molecule has 0 saturated carbocycles. The van der Waals surface area contributed by atoms with Gasteiger partial charge in [-0.2, -0.15) is 0 Å². The maximum absolute atomic E-state index is 12.6. The molecular formula is C21H24N4O3S. The number of hydrogen-bond donors (Lipinski definition) is 1. The first-order valence-electron chi connectivity index (χ1n) is 9.69. The zero-order chi connectivity index (χ0) is 20.4. The highest BCUT2D eigenvalue weighted by atomic mass is 32.2. The number of nitrogens with zero attached hydrogens (tertiary/aromatic N) is 3. The summed E-state index contributed by atoms with van der Waals surface area (Å²) in [5, 5.41) is 0. The summed E-state index contributed by atoms with van der Waals surface area (Å²) in [6, 6.07) is 14.8. The molecular weight excluding hydrogens is 388 g/mol. The fourth-order valence-electron chi connectivity index (χ4n) is 3.77. The Labute approximate surface area is 171 Å². The zero-order valence-corrected chi connectivity index (χ0v) is 17.2. The lowest BCUT2D eigenvalue weighted by Gasteiger charge is -2.24. The fourth-order valence-corrected chi connectivity index (χ4v) is 5.02. The number of hydrogen-bond acceptors (Lipinski definition) is 5. The molecule has 0 aromatic heterocycles. The van der Waals surface area contributed by atoms with Crippen LogP contribution in [-0.4, -0.2) is 51.7 Å². The molecule has 1 N–H and O–H groups in total. The Bertz CT molecular complexity index is 1060. The first-order valence-corrected chi connectivity index (χ1v) is 11.2. The molecule has 0 spiro atoms. The number of rotatable bonds is 5. The number of sulfonamides is 1. The minimum Gasteiger partial charge on any atom is -0.371 e. The Morgan fingerprint density at radius 1 is 1.10 bits per heavy atom. The molecule has 2 aromatic carbocycles. The first-order chi connectivity index (χ1) is 14.0. The lowest BCUT2D eigenvalue weighted by molar-refractivity contribution is -0.128. The smallest absolute Gasteiger partial charge is 0.263 e. The molecule has 2 heterocycles. The molecule has 1 fully saturated rings. The number of benzene rings is 2. The Kier molecular flexibility index (Phi) is 5.27. The maximum atomic E-state index is 12.6. The van der Waals surface area contributed by atoms with Gasteiger partial charge in [-0.25, -0.2) is 8.42 Å². The lowest BCUT2D eigenvalue weighted by atomic mass is 10.1. The molecule has 2 aromatic rings. The second kappa shape index (κ2) is 7.87. The number of amides is 1. The average Bonchev–Trinajstić information content (AvgIpc) is 3.33. The van der Waals surface area contributed by atoms with Crippen LogP contribution >= 0.6 is 0 Å². The van der Waals surface area contributed by atoms with Crippen molar-refractivity contribution in [2.45, 2.75) is 24.3 Å². The van der Waals surface area contributed by atoms with E-state index in [-0.39, 0.29) is 23.2 Å². The van der Waals surface area contributed by atoms with Gasteiger partial charge in [0.15, 0.2) is 0 Å². The van der Waals surface area contributed by atoms with Crippen molar-refractivity contribution in [1.29, 1.82) is 0 Å². The van der Waals surface area contributed by atoms with Gasteiger partial charge in [-0.05, 0) is 36.6 Å². The van der Waals surface area contributed by atoms with Crippen molar-refractivity contribution in [3.8, 4) is 0 Å². The van der Waals surface area contributed by atoms with Crippen LogP contribution in [0.4, 0.5) is 5.69 Å². The van der Waals surface area contributed by atoms with Gasteiger partial charge in [0.05, 0.1) is 4.90 Å². The van der Waals surface area contributed by atoms with Crippen LogP contribution in [0, 0.1) is 0 Å². The van der Waals surface area contributed by atoms with Gasteiger partial charge in [0.2, 0.25) is 5.91 Å². The summed E-state index contributed by atoms with van der Waals surface area (Å²) in [5.41, 5.74) is 2.78. The van der Waals surface area contributed by atoms with Gasteiger partial charge >= 0.3 is 0 Å². The van der Waals surface area contributed by atoms with E-state index in [1.165, 1.54) is 24.6 Å². The van der Waals surface area contributed by atoms with Crippen molar-refractivity contribution < 1.29 is 13.2 Å². The van der Waals surface area contributed by atoms with Crippen molar-refractivity contribution in [2.75, 3.05) is 31.6 Å². The SMILES string of the molecule is CN(Cc1ccccc1N1CCCC1)C(=O)CN=C1NS(=O)(=O)c2ccccc21. The number of nitrogens with one attached hydrogen (secondary N) is 1. The Morgan fingerprint density at radius 2 is 1.79 bits per heavy atom. The number of para-hydroxylation sites is 1. The number of anilines is 1. The van der Waals surface area contributed by atoms with Crippen molar-refractivity contribution >= 4 is 27.5 Å². The molecule has 2 aliphatic heterocycles. The zero-order valence-electron chi connectivity index (χ0n) is 16.3. The van der Waals surface area contributed by atoms with E-state index in [9.17, 15) is 13.2 Å². The minimum atomic E-state index is -3.60. The molecule has 0 bridgehead atoms. The summed E-state index contributed by atoms with van der Waals surface area (Å²) in [6.45, 7) is 2.46. The molecule has 2 aliphatic rings. The monoisotopic (exact) mass is 412 g/mol. The predicted molar refractivity (Wildman–Crippen MR) is 113 cm³/mol. The standard InChI is InChI=1S/C21H24N4O3S/c1-24(15-16-8-2-4-10-18(16)25-12-6-7-13-25)20(26)14-22-21-17-9-3-5-11-19(17)29(27,28)23-21/h2-5,8-11H,6-7,12-15H2,1H3,(H,22,23). The fraction of sp³-hybridized carbons (Fsp3) is 0.333. The topological polar surface area (TPSA) is 82.1 Å². The molecule has 0 aliphatic carbocycles. The molecule has 0 radical (unpaired) electrons. The van der Waals surface area contributed by atoms with E-state index in [1.54, 1.807) is 30.1 Å². The number of likely N-dealkylation sites (N-methyl/N-ethyl adjacent to an activating group) is 1. The van der Waals surface area contributed by atoms with Crippen molar-refractivity contribution in [1.82, 2.24) is 9.62 Å². The number of aliphatic imine (C=N–C) groups is 1. The van der Waals surface area contributed by atoms with Crippen LogP contribution in [0.5, 0.6) is 0 Å². The highest BCUT2D eigenvalue weighted by Gasteiger charge is 2.30. The molecule has 8 heteroatoms. The van der Waals surface area contributed by atoms with Crippen LogP contribution < -0.4 is 9.62 Å². The van der Waals surface area contributed by atoms with Crippen LogP contribution in [0.15, 0.2) is 58.4 Å². The van der Waals surface area contributed by atoms with Gasteiger partial charge < -0.3 is 9.80 Å². The molecule has 29 heavy (non-hydrogen) atoms. The number of fused-ring (bicyclic) bond motifs is 1. The van der Waals surface area contributed by atoms with Crippen LogP contribution in [0.2, 0.25) is 0 Å². The van der Waals surface area contributed by atoms with Crippen molar-refractivity contribution in [3.05, 3.63) is 59.7 Å². The first kappa shape index (κ1) is 19.4. The lowest BCUT2D eigenvalue weighted by Crippen LogP contribution is -2.31. The van der Waals surface area contributed by atoms with Crippen LogP contribution in [0.1, 0.15) is 24.0 Å². The summed E-state index contributed by atoms with van der Waals surface area (Å²) in [7, 11) is -1.85. The molecule has 1 amide bonds. The second-order valence-electron chi connectivity index (χ2n) is 7.34. The Balaban J connectivity index is 1.46. The molecule has 0 atom stereocenters. The van der Waals surface area contributed by atoms with E-state index in [2.05, 4.69) is 20.7 Å².